The minimum Gasteiger partial charge on any atom is -0.367 e. The molecule has 0 spiro atoms. The molecule has 0 bridgehead atoms. The number of rotatable bonds is 9. The quantitative estimate of drug-likeness (QED) is 0.211. The zero-order chi connectivity index (χ0) is 22.2. The standard InChI is InChI=1S/C22H27F2N5O2/c1-2-3-4-5-10-27-11-13-28(14-12-27)21-8-6-17(15-19(21)23)25-26-18-7-9-22(29(30)31)20(24)16-18/h6-9,15-16H,2-5,10-14H2,1H3. The number of nitro benzene ring substituents is 1. The fraction of sp³-hybridized carbons (Fsp3) is 0.455. The van der Waals surface area contributed by atoms with Crippen molar-refractivity contribution in [2.75, 3.05) is 37.6 Å². The maximum Gasteiger partial charge on any atom is 0.304 e. The Kier molecular flexibility index (Phi) is 8.00. The summed E-state index contributed by atoms with van der Waals surface area (Å²) >= 11 is 0. The first kappa shape index (κ1) is 22.7. The van der Waals surface area contributed by atoms with Gasteiger partial charge in [0, 0.05) is 44.4 Å². The largest absolute Gasteiger partial charge is 0.367 e. The molecular weight excluding hydrogens is 404 g/mol. The smallest absolute Gasteiger partial charge is 0.304 e. The van der Waals surface area contributed by atoms with Crippen LogP contribution in [0.3, 0.4) is 0 Å². The van der Waals surface area contributed by atoms with Gasteiger partial charge in [-0.05, 0) is 31.2 Å². The number of azo groups is 1. The molecule has 0 unspecified atom stereocenters. The third-order valence-corrected chi connectivity index (χ3v) is 5.38. The molecule has 0 amide bonds. The lowest BCUT2D eigenvalue weighted by Crippen LogP contribution is -2.46. The third kappa shape index (κ3) is 6.27. The molecule has 2 aromatic rings. The molecule has 7 nitrogen and oxygen atoms in total. The second-order valence-electron chi connectivity index (χ2n) is 7.62. The molecular formula is C22H27F2N5O2. The predicted octanol–water partition coefficient (Wildman–Crippen LogP) is 5.99. The summed E-state index contributed by atoms with van der Waals surface area (Å²) in [5.74, 6) is -1.38. The Balaban J connectivity index is 1.57. The minimum absolute atomic E-state index is 0.114. The van der Waals surface area contributed by atoms with Gasteiger partial charge >= 0.3 is 5.69 Å². The van der Waals surface area contributed by atoms with Crippen molar-refractivity contribution >= 4 is 22.7 Å². The van der Waals surface area contributed by atoms with Crippen LogP contribution in [0.2, 0.25) is 0 Å². The Hall–Kier alpha value is -2.94. The maximum absolute atomic E-state index is 14.7. The molecule has 1 saturated heterocycles. The van der Waals surface area contributed by atoms with Crippen LogP contribution in [-0.2, 0) is 0 Å². The molecule has 0 radical (unpaired) electrons. The van der Waals surface area contributed by atoms with E-state index in [1.807, 2.05) is 4.90 Å². The van der Waals surface area contributed by atoms with Gasteiger partial charge in [-0.2, -0.15) is 14.6 Å². The number of benzene rings is 2. The molecule has 166 valence electrons. The SMILES string of the molecule is CCCCCCN1CCN(c2ccc(N=Nc3ccc([N+](=O)[O-])c(F)c3)cc2F)CC1. The van der Waals surface area contributed by atoms with Crippen LogP contribution in [0, 0.1) is 21.7 Å². The van der Waals surface area contributed by atoms with Gasteiger partial charge in [-0.25, -0.2) is 4.39 Å². The monoisotopic (exact) mass is 431 g/mol. The number of anilines is 1. The number of nitro groups is 1. The molecule has 9 heteroatoms. The highest BCUT2D eigenvalue weighted by atomic mass is 19.1. The zero-order valence-corrected chi connectivity index (χ0v) is 17.6. The van der Waals surface area contributed by atoms with Gasteiger partial charge in [-0.1, -0.05) is 26.2 Å². The lowest BCUT2D eigenvalue weighted by atomic mass is 10.2. The van der Waals surface area contributed by atoms with E-state index in [1.165, 1.54) is 37.8 Å². The van der Waals surface area contributed by atoms with Gasteiger partial charge in [0.2, 0.25) is 5.82 Å². The van der Waals surface area contributed by atoms with E-state index in [0.717, 1.165) is 44.9 Å². The van der Waals surface area contributed by atoms with Crippen molar-refractivity contribution in [3.8, 4) is 0 Å². The van der Waals surface area contributed by atoms with Crippen LogP contribution < -0.4 is 4.90 Å². The van der Waals surface area contributed by atoms with E-state index in [4.69, 9.17) is 0 Å². The van der Waals surface area contributed by atoms with Crippen LogP contribution >= 0.6 is 0 Å². The summed E-state index contributed by atoms with van der Waals surface area (Å²) in [7, 11) is 0. The van der Waals surface area contributed by atoms with Gasteiger partial charge < -0.3 is 4.90 Å². The molecule has 3 rings (SSSR count). The summed E-state index contributed by atoms with van der Waals surface area (Å²) in [6.07, 6.45) is 4.97. The molecule has 0 N–H and O–H groups in total. The van der Waals surface area contributed by atoms with Crippen LogP contribution in [0.5, 0.6) is 0 Å². The summed E-state index contributed by atoms with van der Waals surface area (Å²) in [5.41, 5.74) is 0.304. The fourth-order valence-electron chi connectivity index (χ4n) is 3.61. The van der Waals surface area contributed by atoms with Crippen LogP contribution in [0.25, 0.3) is 0 Å². The molecule has 0 atom stereocenters. The van der Waals surface area contributed by atoms with Crippen molar-refractivity contribution in [3.05, 3.63) is 58.1 Å². The number of halogens is 2. The lowest BCUT2D eigenvalue weighted by Gasteiger charge is -2.36. The number of unbranched alkanes of at least 4 members (excludes halogenated alkanes) is 3. The molecule has 1 aliphatic rings. The molecule has 0 aromatic heterocycles. The van der Waals surface area contributed by atoms with Gasteiger partial charge in [0.05, 0.1) is 22.0 Å². The first-order chi connectivity index (χ1) is 15.0. The van der Waals surface area contributed by atoms with Crippen LogP contribution in [-0.4, -0.2) is 42.5 Å². The molecule has 1 aliphatic heterocycles. The summed E-state index contributed by atoms with van der Waals surface area (Å²) in [6, 6.07) is 7.86. The number of nitrogens with zero attached hydrogens (tertiary/aromatic N) is 5. The van der Waals surface area contributed by atoms with Gasteiger partial charge in [-0.15, -0.1) is 0 Å². The van der Waals surface area contributed by atoms with E-state index in [-0.39, 0.29) is 17.2 Å². The number of hydrogen-bond donors (Lipinski definition) is 0. The molecule has 0 saturated carbocycles. The molecule has 2 aromatic carbocycles. The summed E-state index contributed by atoms with van der Waals surface area (Å²) in [4.78, 5) is 14.3. The summed E-state index contributed by atoms with van der Waals surface area (Å²) < 4.78 is 28.3. The van der Waals surface area contributed by atoms with Crippen molar-refractivity contribution in [2.24, 2.45) is 10.2 Å². The highest BCUT2D eigenvalue weighted by molar-refractivity contribution is 5.55. The minimum atomic E-state index is -0.993. The Morgan fingerprint density at radius 2 is 1.58 bits per heavy atom. The third-order valence-electron chi connectivity index (χ3n) is 5.38. The second kappa shape index (κ2) is 10.9. The normalized spacial score (nSPS) is 15.0. The highest BCUT2D eigenvalue weighted by Gasteiger charge is 2.19. The first-order valence-corrected chi connectivity index (χ1v) is 10.6. The van der Waals surface area contributed by atoms with Gasteiger partial charge in [0.1, 0.15) is 5.82 Å². The average Bonchev–Trinajstić information content (AvgIpc) is 2.76. The Morgan fingerprint density at radius 1 is 0.935 bits per heavy atom. The lowest BCUT2D eigenvalue weighted by molar-refractivity contribution is -0.387. The average molecular weight is 431 g/mol. The van der Waals surface area contributed by atoms with Crippen LogP contribution in [0.1, 0.15) is 32.6 Å². The Labute approximate surface area is 180 Å². The van der Waals surface area contributed by atoms with E-state index < -0.39 is 16.4 Å². The van der Waals surface area contributed by atoms with Gasteiger partial charge in [0.15, 0.2) is 0 Å². The summed E-state index contributed by atoms with van der Waals surface area (Å²) in [5, 5.41) is 18.4. The summed E-state index contributed by atoms with van der Waals surface area (Å²) in [6.45, 7) is 6.67. The highest BCUT2D eigenvalue weighted by Crippen LogP contribution is 2.28. The fourth-order valence-corrected chi connectivity index (χ4v) is 3.61. The second-order valence-corrected chi connectivity index (χ2v) is 7.62. The zero-order valence-electron chi connectivity index (χ0n) is 17.6. The number of hydrogen-bond acceptors (Lipinski definition) is 6. The Bertz CT molecular complexity index is 930. The molecule has 1 fully saturated rings. The van der Waals surface area contributed by atoms with Crippen molar-refractivity contribution in [3.63, 3.8) is 0 Å². The van der Waals surface area contributed by atoms with E-state index in [2.05, 4.69) is 22.1 Å². The number of piperazine rings is 1. The van der Waals surface area contributed by atoms with E-state index in [0.29, 0.717) is 5.69 Å². The van der Waals surface area contributed by atoms with Crippen LogP contribution in [0.4, 0.5) is 31.5 Å². The molecule has 1 heterocycles. The van der Waals surface area contributed by atoms with E-state index in [9.17, 15) is 18.9 Å². The Morgan fingerprint density at radius 3 is 2.16 bits per heavy atom. The van der Waals surface area contributed by atoms with Crippen molar-refractivity contribution in [1.82, 2.24) is 4.90 Å². The van der Waals surface area contributed by atoms with E-state index >= 15 is 0 Å². The maximum atomic E-state index is 14.7. The van der Waals surface area contributed by atoms with Gasteiger partial charge in [0.25, 0.3) is 0 Å². The van der Waals surface area contributed by atoms with Crippen molar-refractivity contribution < 1.29 is 13.7 Å². The van der Waals surface area contributed by atoms with Crippen molar-refractivity contribution in [1.29, 1.82) is 0 Å². The van der Waals surface area contributed by atoms with Crippen LogP contribution in [0.15, 0.2) is 46.6 Å². The first-order valence-electron chi connectivity index (χ1n) is 10.6. The van der Waals surface area contributed by atoms with Crippen molar-refractivity contribution in [2.45, 2.75) is 32.6 Å². The van der Waals surface area contributed by atoms with E-state index in [1.54, 1.807) is 12.1 Å². The molecule has 31 heavy (non-hydrogen) atoms. The predicted molar refractivity (Wildman–Crippen MR) is 116 cm³/mol. The topological polar surface area (TPSA) is 74.3 Å². The van der Waals surface area contributed by atoms with Gasteiger partial charge in [-0.3, -0.25) is 15.0 Å². The molecule has 0 aliphatic carbocycles.